The Kier molecular flexibility index (Phi) is 2.48. The smallest absolute Gasteiger partial charge is 0.157 e. The molecule has 0 aliphatic carbocycles. The highest BCUT2D eigenvalue weighted by Crippen LogP contribution is 2.18. The van der Waals surface area contributed by atoms with E-state index in [1.807, 2.05) is 17.5 Å². The van der Waals surface area contributed by atoms with Gasteiger partial charge in [-0.1, -0.05) is 0 Å². The fraction of sp³-hybridized carbons (Fsp3) is 0.500. The fourth-order valence-corrected chi connectivity index (χ4v) is 2.28. The third kappa shape index (κ3) is 1.86. The van der Waals surface area contributed by atoms with Crippen LogP contribution in [0.5, 0.6) is 0 Å². The average molecular weight is 231 g/mol. The Labute approximate surface area is 101 Å². The van der Waals surface area contributed by atoms with Crippen LogP contribution in [-0.4, -0.2) is 52.7 Å². The van der Waals surface area contributed by atoms with Crippen molar-refractivity contribution >= 4 is 11.5 Å². The Hall–Kier alpha value is -1.62. The summed E-state index contributed by atoms with van der Waals surface area (Å²) in [5.74, 6) is 1.16. The summed E-state index contributed by atoms with van der Waals surface area (Å²) in [7, 11) is 2.17. The molecule has 0 N–H and O–H groups in total. The van der Waals surface area contributed by atoms with E-state index >= 15 is 0 Å². The molecule has 0 atom stereocenters. The van der Waals surface area contributed by atoms with E-state index in [-0.39, 0.29) is 0 Å². The summed E-state index contributed by atoms with van der Waals surface area (Å²) in [4.78, 5) is 9.21. The van der Waals surface area contributed by atoms with Crippen LogP contribution >= 0.6 is 0 Å². The largest absolute Gasteiger partial charge is 0.354 e. The molecule has 0 bridgehead atoms. The number of aromatic nitrogens is 3. The molecule has 0 saturated carbocycles. The van der Waals surface area contributed by atoms with Crippen LogP contribution < -0.4 is 4.90 Å². The number of nitrogens with zero attached hydrogens (tertiary/aromatic N) is 5. The minimum Gasteiger partial charge on any atom is -0.354 e. The van der Waals surface area contributed by atoms with Crippen molar-refractivity contribution < 1.29 is 0 Å². The number of fused-ring (bicyclic) bond motifs is 1. The summed E-state index contributed by atoms with van der Waals surface area (Å²) in [5.41, 5.74) is 1.98. The van der Waals surface area contributed by atoms with Crippen LogP contribution in [0, 0.1) is 6.92 Å². The maximum absolute atomic E-state index is 4.47. The molecule has 0 aromatic carbocycles. The standard InChI is InChI=1S/C12H17N5/c1-10-9-12(16-7-5-15(2)6-8-16)17-11(14-10)3-4-13-17/h3-4,9H,5-8H2,1-2H3. The van der Waals surface area contributed by atoms with E-state index in [9.17, 15) is 0 Å². The van der Waals surface area contributed by atoms with Crippen LogP contribution in [0.4, 0.5) is 5.82 Å². The van der Waals surface area contributed by atoms with Gasteiger partial charge >= 0.3 is 0 Å². The molecule has 2 aromatic rings. The Balaban J connectivity index is 2.01. The molecule has 5 nitrogen and oxygen atoms in total. The van der Waals surface area contributed by atoms with Crippen LogP contribution in [0.15, 0.2) is 18.3 Å². The molecule has 2 aromatic heterocycles. The second-order valence-electron chi connectivity index (χ2n) is 4.65. The molecule has 1 fully saturated rings. The minimum atomic E-state index is 0.930. The number of anilines is 1. The zero-order valence-electron chi connectivity index (χ0n) is 10.3. The fourth-order valence-electron chi connectivity index (χ4n) is 2.28. The average Bonchev–Trinajstić information content (AvgIpc) is 2.77. The van der Waals surface area contributed by atoms with Crippen LogP contribution in [-0.2, 0) is 0 Å². The molecule has 90 valence electrons. The van der Waals surface area contributed by atoms with E-state index in [4.69, 9.17) is 0 Å². The van der Waals surface area contributed by atoms with Crippen LogP contribution in [0.2, 0.25) is 0 Å². The lowest BCUT2D eigenvalue weighted by molar-refractivity contribution is 0.311. The van der Waals surface area contributed by atoms with Gasteiger partial charge in [-0.3, -0.25) is 0 Å². The summed E-state index contributed by atoms with van der Waals surface area (Å²) in [5, 5.41) is 4.35. The molecule has 1 aliphatic heterocycles. The van der Waals surface area contributed by atoms with Crippen molar-refractivity contribution in [1.82, 2.24) is 19.5 Å². The van der Waals surface area contributed by atoms with Gasteiger partial charge in [-0.25, -0.2) is 4.98 Å². The molecule has 0 unspecified atom stereocenters. The zero-order chi connectivity index (χ0) is 11.8. The van der Waals surface area contributed by atoms with Crippen molar-refractivity contribution in [3.05, 3.63) is 24.0 Å². The first-order valence-corrected chi connectivity index (χ1v) is 5.99. The highest BCUT2D eigenvalue weighted by molar-refractivity contribution is 5.50. The molecular weight excluding hydrogens is 214 g/mol. The predicted molar refractivity (Wildman–Crippen MR) is 67.4 cm³/mol. The van der Waals surface area contributed by atoms with E-state index in [1.54, 1.807) is 6.20 Å². The van der Waals surface area contributed by atoms with Crippen molar-refractivity contribution in [2.45, 2.75) is 6.92 Å². The van der Waals surface area contributed by atoms with E-state index in [0.29, 0.717) is 0 Å². The SMILES string of the molecule is Cc1cc(N2CCN(C)CC2)n2nccc2n1. The maximum Gasteiger partial charge on any atom is 0.157 e. The lowest BCUT2D eigenvalue weighted by Crippen LogP contribution is -2.45. The molecule has 3 heterocycles. The highest BCUT2D eigenvalue weighted by atomic mass is 15.4. The second kappa shape index (κ2) is 4.00. The van der Waals surface area contributed by atoms with Crippen molar-refractivity contribution in [2.75, 3.05) is 38.1 Å². The Morgan fingerprint density at radius 2 is 1.94 bits per heavy atom. The lowest BCUT2D eigenvalue weighted by atomic mass is 10.3. The molecule has 0 spiro atoms. The number of hydrogen-bond donors (Lipinski definition) is 0. The van der Waals surface area contributed by atoms with E-state index in [2.05, 4.69) is 33.0 Å². The second-order valence-corrected chi connectivity index (χ2v) is 4.65. The Morgan fingerprint density at radius 3 is 2.71 bits per heavy atom. The normalized spacial score (nSPS) is 17.9. The monoisotopic (exact) mass is 231 g/mol. The molecule has 0 amide bonds. The third-order valence-corrected chi connectivity index (χ3v) is 3.30. The first kappa shape index (κ1) is 10.5. The summed E-state index contributed by atoms with van der Waals surface area (Å²) >= 11 is 0. The number of likely N-dealkylation sites (N-methyl/N-ethyl adjacent to an activating group) is 1. The highest BCUT2D eigenvalue weighted by Gasteiger charge is 2.17. The van der Waals surface area contributed by atoms with Crippen molar-refractivity contribution in [1.29, 1.82) is 0 Å². The summed E-state index contributed by atoms with van der Waals surface area (Å²) < 4.78 is 1.93. The van der Waals surface area contributed by atoms with E-state index in [1.165, 1.54) is 0 Å². The topological polar surface area (TPSA) is 36.7 Å². The first-order chi connectivity index (χ1) is 8.24. The van der Waals surface area contributed by atoms with Crippen molar-refractivity contribution in [3.63, 3.8) is 0 Å². The van der Waals surface area contributed by atoms with Gasteiger partial charge in [-0.15, -0.1) is 0 Å². The van der Waals surface area contributed by atoms with Gasteiger partial charge < -0.3 is 9.80 Å². The van der Waals surface area contributed by atoms with Crippen LogP contribution in [0.25, 0.3) is 5.65 Å². The first-order valence-electron chi connectivity index (χ1n) is 5.99. The molecule has 5 heteroatoms. The third-order valence-electron chi connectivity index (χ3n) is 3.30. The van der Waals surface area contributed by atoms with Gasteiger partial charge in [0.1, 0.15) is 5.82 Å². The maximum atomic E-state index is 4.47. The Morgan fingerprint density at radius 1 is 1.18 bits per heavy atom. The van der Waals surface area contributed by atoms with E-state index < -0.39 is 0 Å². The molecule has 1 saturated heterocycles. The van der Waals surface area contributed by atoms with Crippen LogP contribution in [0.1, 0.15) is 5.69 Å². The molecule has 3 rings (SSSR count). The summed E-state index contributed by atoms with van der Waals surface area (Å²) in [6.45, 7) is 6.34. The van der Waals surface area contributed by atoms with Crippen molar-refractivity contribution in [2.24, 2.45) is 0 Å². The quantitative estimate of drug-likeness (QED) is 0.727. The van der Waals surface area contributed by atoms with Crippen molar-refractivity contribution in [3.8, 4) is 0 Å². The van der Waals surface area contributed by atoms with Gasteiger partial charge in [0.05, 0.1) is 6.20 Å². The van der Waals surface area contributed by atoms with Crippen LogP contribution in [0.3, 0.4) is 0 Å². The number of hydrogen-bond acceptors (Lipinski definition) is 4. The Bertz CT molecular complexity index is 525. The predicted octanol–water partition coefficient (Wildman–Crippen LogP) is 0.790. The summed E-state index contributed by atoms with van der Waals surface area (Å²) in [6.07, 6.45) is 1.81. The molecule has 17 heavy (non-hydrogen) atoms. The number of piperazine rings is 1. The lowest BCUT2D eigenvalue weighted by Gasteiger charge is -2.33. The molecule has 1 aliphatic rings. The van der Waals surface area contributed by atoms with Gasteiger partial charge in [0.2, 0.25) is 0 Å². The number of aryl methyl sites for hydroxylation is 1. The van der Waals surface area contributed by atoms with Gasteiger partial charge in [0.25, 0.3) is 0 Å². The molecule has 0 radical (unpaired) electrons. The zero-order valence-corrected chi connectivity index (χ0v) is 10.3. The van der Waals surface area contributed by atoms with E-state index in [0.717, 1.165) is 43.3 Å². The van der Waals surface area contributed by atoms with Gasteiger partial charge in [-0.05, 0) is 14.0 Å². The van der Waals surface area contributed by atoms with Gasteiger partial charge in [0, 0.05) is 44.0 Å². The summed E-state index contributed by atoms with van der Waals surface area (Å²) in [6, 6.07) is 4.07. The molecular formula is C12H17N5. The van der Waals surface area contributed by atoms with Gasteiger partial charge in [0.15, 0.2) is 5.65 Å². The minimum absolute atomic E-state index is 0.930. The number of rotatable bonds is 1. The van der Waals surface area contributed by atoms with Gasteiger partial charge in [-0.2, -0.15) is 9.61 Å².